The van der Waals surface area contributed by atoms with Crippen molar-refractivity contribution in [3.63, 3.8) is 0 Å². The quantitative estimate of drug-likeness (QED) is 0.875. The number of anilines is 1. The van der Waals surface area contributed by atoms with Gasteiger partial charge in [-0.05, 0) is 25.8 Å². The molecule has 0 radical (unpaired) electrons. The van der Waals surface area contributed by atoms with E-state index >= 15 is 0 Å². The van der Waals surface area contributed by atoms with Crippen LogP contribution in [0.15, 0.2) is 6.07 Å². The van der Waals surface area contributed by atoms with Gasteiger partial charge in [0, 0.05) is 37.0 Å². The van der Waals surface area contributed by atoms with Crippen molar-refractivity contribution in [2.75, 3.05) is 31.5 Å². The van der Waals surface area contributed by atoms with Gasteiger partial charge in [-0.2, -0.15) is 0 Å². The Labute approximate surface area is 136 Å². The molecule has 122 valence electrons. The molecular formula is C16H25N3O2S. The van der Waals surface area contributed by atoms with Crippen LogP contribution in [0.3, 0.4) is 0 Å². The lowest BCUT2D eigenvalue weighted by molar-refractivity contribution is -0.120. The summed E-state index contributed by atoms with van der Waals surface area (Å²) in [7, 11) is 0. The van der Waals surface area contributed by atoms with Gasteiger partial charge in [-0.15, -0.1) is 11.3 Å². The minimum Gasteiger partial charge on any atom is -0.336 e. The summed E-state index contributed by atoms with van der Waals surface area (Å²) in [5, 5.41) is 6.90. The molecular weight excluding hydrogens is 298 g/mol. The average Bonchev–Trinajstić information content (AvgIpc) is 2.89. The molecule has 0 bridgehead atoms. The zero-order valence-electron chi connectivity index (χ0n) is 13.6. The molecule has 1 fully saturated rings. The molecule has 2 rings (SSSR count). The molecule has 0 saturated carbocycles. The van der Waals surface area contributed by atoms with E-state index in [-0.39, 0.29) is 17.7 Å². The molecule has 2 N–H and O–H groups in total. The molecule has 22 heavy (non-hydrogen) atoms. The van der Waals surface area contributed by atoms with Crippen molar-refractivity contribution >= 4 is 28.2 Å². The van der Waals surface area contributed by atoms with E-state index in [0.29, 0.717) is 23.7 Å². The first-order chi connectivity index (χ1) is 10.6. The zero-order chi connectivity index (χ0) is 16.1. The van der Waals surface area contributed by atoms with Crippen LogP contribution in [0.2, 0.25) is 0 Å². The van der Waals surface area contributed by atoms with Gasteiger partial charge in [0.25, 0.3) is 5.91 Å². The number of aryl methyl sites for hydroxylation is 1. The molecule has 1 aromatic rings. The summed E-state index contributed by atoms with van der Waals surface area (Å²) in [6.07, 6.45) is 1.63. The predicted octanol–water partition coefficient (Wildman–Crippen LogP) is 2.48. The lowest BCUT2D eigenvalue weighted by atomic mass is 10.0. The minimum absolute atomic E-state index is 0.00421. The molecule has 5 nitrogen and oxygen atoms in total. The summed E-state index contributed by atoms with van der Waals surface area (Å²) < 4.78 is 0. The molecule has 1 saturated heterocycles. The molecule has 0 unspecified atom stereocenters. The van der Waals surface area contributed by atoms with E-state index < -0.39 is 0 Å². The fourth-order valence-corrected chi connectivity index (χ4v) is 3.58. The minimum atomic E-state index is 0.00421. The number of amides is 2. The van der Waals surface area contributed by atoms with Crippen LogP contribution in [0.25, 0.3) is 0 Å². The van der Waals surface area contributed by atoms with Crippen LogP contribution < -0.4 is 10.6 Å². The maximum absolute atomic E-state index is 12.7. The third-order valence-corrected chi connectivity index (χ3v) is 5.05. The van der Waals surface area contributed by atoms with E-state index in [4.69, 9.17) is 0 Å². The summed E-state index contributed by atoms with van der Waals surface area (Å²) in [4.78, 5) is 27.9. The smallest absolute Gasteiger partial charge is 0.256 e. The van der Waals surface area contributed by atoms with E-state index in [1.165, 1.54) is 11.3 Å². The largest absolute Gasteiger partial charge is 0.336 e. The Kier molecular flexibility index (Phi) is 5.97. The first kappa shape index (κ1) is 17.0. The van der Waals surface area contributed by atoms with Crippen LogP contribution >= 0.6 is 11.3 Å². The Morgan fingerprint density at radius 1 is 1.32 bits per heavy atom. The summed E-state index contributed by atoms with van der Waals surface area (Å²) in [6, 6.07) is 1.89. The van der Waals surface area contributed by atoms with Crippen LogP contribution in [0.4, 0.5) is 5.00 Å². The molecule has 1 aliphatic rings. The standard InChI is InChI=1S/C16H25N3O2S/c1-4-12(5-2)14(20)18-15-13(10-11(3)22-15)16(21)19-8-6-17-7-9-19/h10,12,17H,4-9H2,1-3H3,(H,18,20). The molecule has 0 aliphatic carbocycles. The first-order valence-corrected chi connectivity index (χ1v) is 8.79. The second kappa shape index (κ2) is 7.74. The number of carbonyl (C=O) groups excluding carboxylic acids is 2. The summed E-state index contributed by atoms with van der Waals surface area (Å²) in [5.74, 6) is 0.0384. The maximum Gasteiger partial charge on any atom is 0.256 e. The van der Waals surface area contributed by atoms with Gasteiger partial charge in [-0.1, -0.05) is 13.8 Å². The van der Waals surface area contributed by atoms with Crippen molar-refractivity contribution in [2.24, 2.45) is 5.92 Å². The summed E-state index contributed by atoms with van der Waals surface area (Å²) in [6.45, 7) is 9.07. The van der Waals surface area contributed by atoms with Gasteiger partial charge in [-0.3, -0.25) is 9.59 Å². The second-order valence-electron chi connectivity index (χ2n) is 5.64. The zero-order valence-corrected chi connectivity index (χ0v) is 14.4. The van der Waals surface area contributed by atoms with Gasteiger partial charge >= 0.3 is 0 Å². The molecule has 0 atom stereocenters. The lowest BCUT2D eigenvalue weighted by Crippen LogP contribution is -2.46. The predicted molar refractivity (Wildman–Crippen MR) is 90.5 cm³/mol. The molecule has 0 spiro atoms. The number of piperazine rings is 1. The Hall–Kier alpha value is -1.40. The Bertz CT molecular complexity index is 531. The van der Waals surface area contributed by atoms with Crippen molar-refractivity contribution in [2.45, 2.75) is 33.6 Å². The Morgan fingerprint density at radius 3 is 2.55 bits per heavy atom. The average molecular weight is 323 g/mol. The van der Waals surface area contributed by atoms with Crippen molar-refractivity contribution in [1.29, 1.82) is 0 Å². The Balaban J connectivity index is 2.15. The normalized spacial score (nSPS) is 15.2. The highest BCUT2D eigenvalue weighted by molar-refractivity contribution is 7.16. The van der Waals surface area contributed by atoms with Crippen LogP contribution in [-0.4, -0.2) is 42.9 Å². The molecule has 6 heteroatoms. The number of rotatable bonds is 5. The summed E-state index contributed by atoms with van der Waals surface area (Å²) >= 11 is 1.48. The van der Waals surface area contributed by atoms with E-state index in [1.807, 2.05) is 31.7 Å². The third-order valence-electron chi connectivity index (χ3n) is 4.08. The topological polar surface area (TPSA) is 61.4 Å². The molecule has 0 aromatic carbocycles. The molecule has 2 amide bonds. The highest BCUT2D eigenvalue weighted by Gasteiger charge is 2.24. The SMILES string of the molecule is CCC(CC)C(=O)Nc1sc(C)cc1C(=O)N1CCNCC1. The van der Waals surface area contributed by atoms with Crippen molar-refractivity contribution in [3.05, 3.63) is 16.5 Å². The maximum atomic E-state index is 12.7. The molecule has 2 heterocycles. The Morgan fingerprint density at radius 2 is 1.95 bits per heavy atom. The van der Waals surface area contributed by atoms with Gasteiger partial charge in [0.1, 0.15) is 5.00 Å². The van der Waals surface area contributed by atoms with Crippen molar-refractivity contribution < 1.29 is 9.59 Å². The fraction of sp³-hybridized carbons (Fsp3) is 0.625. The van der Waals surface area contributed by atoms with Crippen molar-refractivity contribution in [3.8, 4) is 0 Å². The lowest BCUT2D eigenvalue weighted by Gasteiger charge is -2.27. The van der Waals surface area contributed by atoms with Gasteiger partial charge in [0.05, 0.1) is 5.56 Å². The van der Waals surface area contributed by atoms with Crippen LogP contribution in [0, 0.1) is 12.8 Å². The van der Waals surface area contributed by atoms with Crippen LogP contribution in [0.1, 0.15) is 41.9 Å². The van der Waals surface area contributed by atoms with E-state index in [0.717, 1.165) is 30.8 Å². The number of nitrogens with zero attached hydrogens (tertiary/aromatic N) is 1. The van der Waals surface area contributed by atoms with E-state index in [2.05, 4.69) is 10.6 Å². The van der Waals surface area contributed by atoms with E-state index in [9.17, 15) is 9.59 Å². The number of thiophene rings is 1. The molecule has 1 aromatic heterocycles. The fourth-order valence-electron chi connectivity index (χ4n) is 2.68. The van der Waals surface area contributed by atoms with Gasteiger partial charge in [0.15, 0.2) is 0 Å². The van der Waals surface area contributed by atoms with Crippen LogP contribution in [-0.2, 0) is 4.79 Å². The van der Waals surface area contributed by atoms with Gasteiger partial charge in [-0.25, -0.2) is 0 Å². The van der Waals surface area contributed by atoms with Gasteiger partial charge < -0.3 is 15.5 Å². The third kappa shape index (κ3) is 3.87. The van der Waals surface area contributed by atoms with E-state index in [1.54, 1.807) is 0 Å². The van der Waals surface area contributed by atoms with Crippen LogP contribution in [0.5, 0.6) is 0 Å². The number of hydrogen-bond donors (Lipinski definition) is 2. The monoisotopic (exact) mass is 323 g/mol. The molecule has 1 aliphatic heterocycles. The number of hydrogen-bond acceptors (Lipinski definition) is 4. The van der Waals surface area contributed by atoms with Crippen molar-refractivity contribution in [1.82, 2.24) is 10.2 Å². The first-order valence-electron chi connectivity index (χ1n) is 7.98. The number of nitrogens with one attached hydrogen (secondary N) is 2. The second-order valence-corrected chi connectivity index (χ2v) is 6.90. The summed E-state index contributed by atoms with van der Waals surface area (Å²) in [5.41, 5.74) is 0.628. The highest BCUT2D eigenvalue weighted by Crippen LogP contribution is 2.29. The highest BCUT2D eigenvalue weighted by atomic mass is 32.1. The van der Waals surface area contributed by atoms with Gasteiger partial charge in [0.2, 0.25) is 5.91 Å². The number of carbonyl (C=O) groups is 2.